The van der Waals surface area contributed by atoms with E-state index in [1.807, 2.05) is 139 Å². The SMILES string of the molecule is CC(C)(C)OC(=O)N1CCC[C@H]1C1=Nc2ccc(-c3ccc4cc(B(O)O)ccc4c3)cc2C1.CC(C)(C)OC(=O)N1CCC[C@H]1C1=Nc2ccc(-c3ccc4cc(B5OC(C)(C)C(C)(C)O5)ccc4c3)cc2C1.CC(C)(C)OC(=O)N1CCC[C@H]1C1=Nc2ccc(-c3ccc4ccc(B(O)O)cc4c3)cc2C1.CC(C)(C)OC(=O)N1CCC[C@H]1C1=Nc2ccc(-c3ccc4ccc(B5OC(C)(C)C(C)(C)O5)cc4c3)cc2C1. The first-order valence-electron chi connectivity index (χ1n) is 52.3. The fourth-order valence-corrected chi connectivity index (χ4v) is 21.3. The summed E-state index contributed by atoms with van der Waals surface area (Å²) in [5, 5.41) is 46.5. The van der Waals surface area contributed by atoms with E-state index in [-0.39, 0.29) is 85.2 Å². The molecule has 12 aromatic carbocycles. The van der Waals surface area contributed by atoms with Crippen LogP contribution in [0.4, 0.5) is 41.9 Å². The minimum Gasteiger partial charge on any atom is -0.444 e. The molecule has 0 unspecified atom stereocenters. The number of rotatable bonds is 12. The van der Waals surface area contributed by atoms with Crippen LogP contribution in [-0.2, 0) is 63.2 Å². The monoisotopic (exact) mass is 1990 g/mol. The van der Waals surface area contributed by atoms with Gasteiger partial charge in [-0.3, -0.25) is 39.6 Å². The minimum atomic E-state index is -1.49. The van der Waals surface area contributed by atoms with Crippen molar-refractivity contribution in [1.29, 1.82) is 0 Å². The molecule has 10 heterocycles. The van der Waals surface area contributed by atoms with Crippen molar-refractivity contribution >= 4 is 163 Å². The molecular formula is C120H136B4N8O16. The summed E-state index contributed by atoms with van der Waals surface area (Å²) in [6, 6.07) is 74.8. The zero-order chi connectivity index (χ0) is 105. The largest absolute Gasteiger partial charge is 0.494 e. The highest BCUT2D eigenvalue weighted by Crippen LogP contribution is 2.45. The second-order valence-corrected chi connectivity index (χ2v) is 47.0. The number of hydrogen-bond acceptors (Lipinski definition) is 20. The van der Waals surface area contributed by atoms with Crippen LogP contribution in [0, 0.1) is 0 Å². The smallest absolute Gasteiger partial charge is 0.444 e. The molecular weight excluding hydrogens is 1850 g/mol. The normalized spacial score (nSPS) is 19.8. The molecule has 24 nitrogen and oxygen atoms in total. The number of carbonyl (C=O) groups is 4. The van der Waals surface area contributed by atoms with Crippen molar-refractivity contribution in [2.75, 3.05) is 26.2 Å². The van der Waals surface area contributed by atoms with Crippen LogP contribution in [0.25, 0.3) is 87.6 Å². The number of fused-ring (bicyclic) bond motifs is 8. The van der Waals surface area contributed by atoms with Crippen LogP contribution in [0.1, 0.15) is 212 Å². The number of aliphatic imine (C=N–C) groups is 4. The van der Waals surface area contributed by atoms with Crippen LogP contribution in [0.2, 0.25) is 0 Å². The van der Waals surface area contributed by atoms with E-state index in [1.165, 1.54) is 38.6 Å². The van der Waals surface area contributed by atoms with Crippen molar-refractivity contribution in [2.45, 2.75) is 285 Å². The van der Waals surface area contributed by atoms with Crippen LogP contribution in [0.3, 0.4) is 0 Å². The van der Waals surface area contributed by atoms with E-state index in [1.54, 1.807) is 18.2 Å². The fraction of sp³-hybridized carbons (Fsp3) is 0.400. The Morgan fingerprint density at radius 2 is 0.507 bits per heavy atom. The van der Waals surface area contributed by atoms with Crippen molar-refractivity contribution < 1.29 is 76.8 Å². The summed E-state index contributed by atoms with van der Waals surface area (Å²) in [6.07, 6.45) is 9.47. The zero-order valence-electron chi connectivity index (χ0n) is 89.0. The Morgan fingerprint density at radius 1 is 0.291 bits per heavy atom. The van der Waals surface area contributed by atoms with Gasteiger partial charge in [-0.2, -0.15) is 0 Å². The van der Waals surface area contributed by atoms with E-state index >= 15 is 0 Å². The minimum absolute atomic E-state index is 0.000213. The van der Waals surface area contributed by atoms with Crippen LogP contribution in [0.5, 0.6) is 0 Å². The number of nitrogens with zero attached hydrogens (tertiary/aromatic N) is 8. The average molecular weight is 1990 g/mol. The Labute approximate surface area is 870 Å². The molecule has 148 heavy (non-hydrogen) atoms. The molecule has 28 heteroatoms. The number of ether oxygens (including phenoxy) is 4. The molecule has 10 aliphatic rings. The molecule has 10 aliphatic heterocycles. The lowest BCUT2D eigenvalue weighted by atomic mass is 9.78. The van der Waals surface area contributed by atoms with Gasteiger partial charge in [-0.1, -0.05) is 146 Å². The first kappa shape index (κ1) is 104. The maximum Gasteiger partial charge on any atom is 0.494 e. The molecule has 6 fully saturated rings. The van der Waals surface area contributed by atoms with Gasteiger partial charge in [-0.05, 0) is 394 Å². The maximum absolute atomic E-state index is 12.9. The predicted octanol–water partition coefficient (Wildman–Crippen LogP) is 22.1. The molecule has 4 atom stereocenters. The lowest BCUT2D eigenvalue weighted by Crippen LogP contribution is -2.43. The lowest BCUT2D eigenvalue weighted by Gasteiger charge is -2.32. The third-order valence-corrected chi connectivity index (χ3v) is 30.4. The Balaban J connectivity index is 0.000000124. The van der Waals surface area contributed by atoms with E-state index in [4.69, 9.17) is 57.5 Å². The summed E-state index contributed by atoms with van der Waals surface area (Å²) >= 11 is 0. The topological polar surface area (TPSA) is 285 Å². The van der Waals surface area contributed by atoms with E-state index in [0.717, 1.165) is 205 Å². The molecule has 0 aromatic heterocycles. The molecule has 764 valence electrons. The highest BCUT2D eigenvalue weighted by atomic mass is 16.7. The fourth-order valence-electron chi connectivity index (χ4n) is 21.3. The van der Waals surface area contributed by atoms with Crippen LogP contribution >= 0.6 is 0 Å². The van der Waals surface area contributed by atoms with Gasteiger partial charge >= 0.3 is 52.8 Å². The van der Waals surface area contributed by atoms with E-state index < -0.39 is 36.6 Å². The molecule has 0 bridgehead atoms. The summed E-state index contributed by atoms with van der Waals surface area (Å²) in [5.74, 6) is 0. The van der Waals surface area contributed by atoms with Gasteiger partial charge in [0.25, 0.3) is 0 Å². The third kappa shape index (κ3) is 22.6. The van der Waals surface area contributed by atoms with Gasteiger partial charge in [0.05, 0.1) is 69.3 Å². The number of amides is 4. The summed E-state index contributed by atoms with van der Waals surface area (Å²) in [4.78, 5) is 78.2. The standard InChI is InChI=1S/2C33H39BN2O4.2C27H29BN2O4/c1-31(2,3)38-30(37)36-16-8-9-29(36)28-20-25-18-23(13-15-27(25)35-28)21-10-11-24-19-26(14-12-22(24)17-21)34-39-32(4,5)33(6,7)40-34;1-31(2,3)38-30(37)36-16-8-9-29(36)28-20-25-18-23(13-15-27(25)35-28)22-11-10-21-12-14-26(19-24(21)17-22)34-39-32(4,5)33(6,7)40-34;1-27(2,3)34-26(31)30-12-4-5-25(30)24-16-21-14-19(9-11-23(21)29-24)17-6-7-20-15-22(28(32)33)10-8-18(20)13-17;1-27(2,3)34-26(31)30-12-4-5-25(30)24-16-21-14-19(9-11-23(21)29-24)18-7-6-17-8-10-22(28(32)33)15-20(17)13-18/h2*10-15,17-19,29H,8-9,16,20H2,1-7H3;2*6-11,13-15,25,32-33H,4-5,12,16H2,1-3H3/t2*29-;2*25-/m0000/s1. The Morgan fingerprint density at radius 3 is 0.797 bits per heavy atom. The van der Waals surface area contributed by atoms with Crippen molar-refractivity contribution in [1.82, 2.24) is 19.6 Å². The van der Waals surface area contributed by atoms with Gasteiger partial charge in [0, 0.05) is 74.7 Å². The molecule has 0 radical (unpaired) electrons. The Bertz CT molecular complexity index is 7320. The molecule has 12 aromatic rings. The van der Waals surface area contributed by atoms with Crippen molar-refractivity contribution in [2.24, 2.45) is 20.0 Å². The highest BCUT2D eigenvalue weighted by Gasteiger charge is 2.54. The quantitative estimate of drug-likeness (QED) is 0.0653. The molecule has 4 N–H and O–H groups in total. The number of carbonyl (C=O) groups excluding carboxylic acids is 4. The van der Waals surface area contributed by atoms with Gasteiger partial charge in [-0.25, -0.2) is 19.2 Å². The first-order chi connectivity index (χ1) is 69.9. The van der Waals surface area contributed by atoms with Gasteiger partial charge in [-0.15, -0.1) is 0 Å². The third-order valence-electron chi connectivity index (χ3n) is 30.4. The number of hydrogen-bond donors (Lipinski definition) is 4. The summed E-state index contributed by atoms with van der Waals surface area (Å²) < 4.78 is 47.7. The van der Waals surface area contributed by atoms with Crippen molar-refractivity contribution in [3.05, 3.63) is 241 Å². The van der Waals surface area contributed by atoms with Crippen molar-refractivity contribution in [3.63, 3.8) is 0 Å². The molecule has 22 rings (SSSR count). The first-order valence-corrected chi connectivity index (χ1v) is 52.3. The molecule has 0 aliphatic carbocycles. The van der Waals surface area contributed by atoms with Gasteiger partial charge in [0.1, 0.15) is 22.4 Å². The molecule has 6 saturated heterocycles. The molecule has 4 amide bonds. The van der Waals surface area contributed by atoms with Gasteiger partial charge in [0.2, 0.25) is 0 Å². The number of benzene rings is 12. The summed E-state index contributed by atoms with van der Waals surface area (Å²) in [7, 11) is -3.71. The lowest BCUT2D eigenvalue weighted by molar-refractivity contribution is 0.00578. The van der Waals surface area contributed by atoms with Gasteiger partial charge < -0.3 is 57.7 Å². The number of likely N-dealkylation sites (tertiary alicyclic amines) is 4. The zero-order valence-corrected chi connectivity index (χ0v) is 89.0. The van der Waals surface area contributed by atoms with E-state index in [9.17, 15) is 39.3 Å². The van der Waals surface area contributed by atoms with Crippen LogP contribution < -0.4 is 21.9 Å². The average Bonchev–Trinajstić information content (AvgIpc) is 1.63. The highest BCUT2D eigenvalue weighted by molar-refractivity contribution is 6.63. The summed E-state index contributed by atoms with van der Waals surface area (Å²) in [5.41, 5.74) is 21.3. The second-order valence-electron chi connectivity index (χ2n) is 47.0. The predicted molar refractivity (Wildman–Crippen MR) is 596 cm³/mol. The van der Waals surface area contributed by atoms with E-state index in [2.05, 4.69) is 219 Å². The molecule has 0 spiro atoms. The summed E-state index contributed by atoms with van der Waals surface area (Å²) in [6.45, 7) is 42.3. The maximum atomic E-state index is 12.9. The van der Waals surface area contributed by atoms with E-state index in [0.29, 0.717) is 37.1 Å². The molecule has 0 saturated carbocycles. The van der Waals surface area contributed by atoms with Crippen molar-refractivity contribution in [3.8, 4) is 44.5 Å². The second kappa shape index (κ2) is 40.4. The van der Waals surface area contributed by atoms with Gasteiger partial charge in [0.15, 0.2) is 0 Å². The van der Waals surface area contributed by atoms with Crippen LogP contribution in [-0.4, -0.2) is 211 Å². The Hall–Kier alpha value is -12.6. The van der Waals surface area contributed by atoms with Crippen LogP contribution in [0.15, 0.2) is 238 Å². The Kier molecular flexibility index (Phi) is 28.3.